The second-order valence-electron chi connectivity index (χ2n) is 4.96. The lowest BCUT2D eigenvalue weighted by atomic mass is 10.0. The van der Waals surface area contributed by atoms with Gasteiger partial charge in [0.15, 0.2) is 0 Å². The molecule has 0 aliphatic rings. The highest BCUT2D eigenvalue weighted by Crippen LogP contribution is 2.26. The minimum Gasteiger partial charge on any atom is -0.496 e. The van der Waals surface area contributed by atoms with Crippen LogP contribution >= 0.6 is 0 Å². The molecule has 0 spiro atoms. The van der Waals surface area contributed by atoms with Gasteiger partial charge in [0.05, 0.1) is 19.7 Å². The van der Waals surface area contributed by atoms with Crippen molar-refractivity contribution in [2.75, 3.05) is 13.7 Å². The topological polar surface area (TPSA) is 50.4 Å². The number of rotatable bonds is 8. The van der Waals surface area contributed by atoms with Crippen molar-refractivity contribution in [2.24, 2.45) is 0 Å². The van der Waals surface area contributed by atoms with E-state index in [1.807, 2.05) is 24.3 Å². The molecule has 1 amide bonds. The zero-order valence-corrected chi connectivity index (χ0v) is 12.9. The van der Waals surface area contributed by atoms with Crippen LogP contribution in [0.1, 0.15) is 45.2 Å². The molecule has 1 aromatic carbocycles. The fourth-order valence-corrected chi connectivity index (χ4v) is 2.01. The number of methoxy groups -OCH3 is 1. The van der Waals surface area contributed by atoms with E-state index in [1.54, 1.807) is 7.11 Å². The molecule has 0 radical (unpaired) electrons. The van der Waals surface area contributed by atoms with Gasteiger partial charge in [0, 0.05) is 11.6 Å². The maximum Gasteiger partial charge on any atom is 0.234 e. The predicted molar refractivity (Wildman–Crippen MR) is 81.9 cm³/mol. The normalized spacial score (nSPS) is 13.6. The quantitative estimate of drug-likeness (QED) is 0.768. The first-order chi connectivity index (χ1) is 9.62. The molecule has 2 atom stereocenters. The summed E-state index contributed by atoms with van der Waals surface area (Å²) in [6.07, 6.45) is 1.84. The van der Waals surface area contributed by atoms with Crippen LogP contribution in [0.2, 0.25) is 0 Å². The fourth-order valence-electron chi connectivity index (χ4n) is 2.01. The second kappa shape index (κ2) is 8.59. The van der Waals surface area contributed by atoms with Crippen LogP contribution in [-0.2, 0) is 4.79 Å². The Kier molecular flexibility index (Phi) is 7.09. The summed E-state index contributed by atoms with van der Waals surface area (Å²) in [5.74, 6) is 0.831. The van der Waals surface area contributed by atoms with Gasteiger partial charge in [-0.25, -0.2) is 0 Å². The molecule has 0 saturated heterocycles. The summed E-state index contributed by atoms with van der Waals surface area (Å²) in [5.41, 5.74) is 1.02. The van der Waals surface area contributed by atoms with Gasteiger partial charge >= 0.3 is 0 Å². The van der Waals surface area contributed by atoms with Gasteiger partial charge in [0.2, 0.25) is 5.91 Å². The van der Waals surface area contributed by atoms with Gasteiger partial charge < -0.3 is 15.4 Å². The maximum absolute atomic E-state index is 12.0. The second-order valence-corrected chi connectivity index (χ2v) is 4.96. The molecule has 2 unspecified atom stereocenters. The van der Waals surface area contributed by atoms with E-state index in [1.165, 1.54) is 0 Å². The minimum absolute atomic E-state index is 0.0163. The molecule has 0 fully saturated rings. The Hall–Kier alpha value is -1.55. The lowest BCUT2D eigenvalue weighted by Crippen LogP contribution is -2.39. The molecule has 112 valence electrons. The molecular weight excluding hydrogens is 252 g/mol. The minimum atomic E-state index is -0.0163. The Bertz CT molecular complexity index is 421. The van der Waals surface area contributed by atoms with Crippen molar-refractivity contribution in [3.05, 3.63) is 29.8 Å². The summed E-state index contributed by atoms with van der Waals surface area (Å²) in [6, 6.07) is 8.15. The van der Waals surface area contributed by atoms with Crippen molar-refractivity contribution in [3.63, 3.8) is 0 Å². The number of para-hydroxylation sites is 1. The number of amides is 1. The van der Waals surface area contributed by atoms with Crippen LogP contribution < -0.4 is 15.4 Å². The third-order valence-electron chi connectivity index (χ3n) is 3.48. The lowest BCUT2D eigenvalue weighted by molar-refractivity contribution is -0.121. The van der Waals surface area contributed by atoms with Crippen molar-refractivity contribution in [1.82, 2.24) is 10.6 Å². The number of carbonyl (C=O) groups excluding carboxylic acids is 1. The van der Waals surface area contributed by atoms with Crippen LogP contribution in [0.15, 0.2) is 24.3 Å². The predicted octanol–water partition coefficient (Wildman–Crippen LogP) is 2.65. The van der Waals surface area contributed by atoms with Crippen LogP contribution in [0.5, 0.6) is 5.75 Å². The van der Waals surface area contributed by atoms with Gasteiger partial charge in [-0.3, -0.25) is 4.79 Å². The summed E-state index contributed by atoms with van der Waals surface area (Å²) < 4.78 is 5.36. The van der Waals surface area contributed by atoms with E-state index in [2.05, 4.69) is 31.4 Å². The van der Waals surface area contributed by atoms with Gasteiger partial charge in [-0.05, 0) is 25.8 Å². The highest BCUT2D eigenvalue weighted by molar-refractivity contribution is 5.78. The van der Waals surface area contributed by atoms with E-state index in [-0.39, 0.29) is 11.9 Å². The first-order valence-electron chi connectivity index (χ1n) is 7.28. The van der Waals surface area contributed by atoms with Crippen molar-refractivity contribution >= 4 is 5.91 Å². The number of benzene rings is 1. The lowest BCUT2D eigenvalue weighted by Gasteiger charge is -2.20. The average molecular weight is 278 g/mol. The number of hydrogen-bond donors (Lipinski definition) is 2. The van der Waals surface area contributed by atoms with E-state index in [0.717, 1.165) is 24.2 Å². The molecule has 1 aromatic rings. The first-order valence-corrected chi connectivity index (χ1v) is 7.28. The Labute approximate surface area is 121 Å². The van der Waals surface area contributed by atoms with E-state index in [4.69, 9.17) is 4.74 Å². The summed E-state index contributed by atoms with van der Waals surface area (Å²) in [4.78, 5) is 12.0. The van der Waals surface area contributed by atoms with E-state index in [0.29, 0.717) is 12.6 Å². The molecule has 4 nitrogen and oxygen atoms in total. The zero-order chi connectivity index (χ0) is 15.0. The molecule has 0 saturated carbocycles. The third-order valence-corrected chi connectivity index (χ3v) is 3.48. The number of ether oxygens (including phenoxy) is 1. The van der Waals surface area contributed by atoms with Gasteiger partial charge in [0.1, 0.15) is 5.75 Å². The van der Waals surface area contributed by atoms with Crippen LogP contribution in [-0.4, -0.2) is 25.6 Å². The molecule has 0 bridgehead atoms. The molecule has 4 heteroatoms. The van der Waals surface area contributed by atoms with Crippen LogP contribution in [0.3, 0.4) is 0 Å². The molecule has 0 aromatic heterocycles. The van der Waals surface area contributed by atoms with Gasteiger partial charge in [-0.2, -0.15) is 0 Å². The van der Waals surface area contributed by atoms with E-state index >= 15 is 0 Å². The van der Waals surface area contributed by atoms with Crippen molar-refractivity contribution < 1.29 is 9.53 Å². The Morgan fingerprint density at radius 1 is 1.25 bits per heavy atom. The van der Waals surface area contributed by atoms with Gasteiger partial charge in [-0.15, -0.1) is 0 Å². The largest absolute Gasteiger partial charge is 0.496 e. The molecule has 2 N–H and O–H groups in total. The van der Waals surface area contributed by atoms with Crippen LogP contribution in [0.4, 0.5) is 0 Å². The Morgan fingerprint density at radius 2 is 1.95 bits per heavy atom. The van der Waals surface area contributed by atoms with Gasteiger partial charge in [-0.1, -0.05) is 32.0 Å². The summed E-state index contributed by atoms with van der Waals surface area (Å²) >= 11 is 0. The molecule has 20 heavy (non-hydrogen) atoms. The number of nitrogens with one attached hydrogen (secondary N) is 2. The van der Waals surface area contributed by atoms with Crippen LogP contribution in [0, 0.1) is 0 Å². The van der Waals surface area contributed by atoms with Gasteiger partial charge in [0.25, 0.3) is 0 Å². The van der Waals surface area contributed by atoms with Crippen molar-refractivity contribution in [2.45, 2.75) is 45.7 Å². The summed E-state index contributed by atoms with van der Waals surface area (Å²) in [5, 5.41) is 6.25. The maximum atomic E-state index is 12.0. The smallest absolute Gasteiger partial charge is 0.234 e. The fraction of sp³-hybridized carbons (Fsp3) is 0.562. The molecule has 1 rings (SSSR count). The highest BCUT2D eigenvalue weighted by Gasteiger charge is 2.16. The Morgan fingerprint density at radius 3 is 2.55 bits per heavy atom. The number of hydrogen-bond acceptors (Lipinski definition) is 3. The SMILES string of the molecule is CCC(C)NCC(=O)NC(CC)c1ccccc1OC. The van der Waals surface area contributed by atoms with Crippen molar-refractivity contribution in [1.29, 1.82) is 0 Å². The van der Waals surface area contributed by atoms with E-state index < -0.39 is 0 Å². The van der Waals surface area contributed by atoms with E-state index in [9.17, 15) is 4.79 Å². The summed E-state index contributed by atoms with van der Waals surface area (Å²) in [7, 11) is 1.65. The average Bonchev–Trinajstić information content (AvgIpc) is 2.50. The molecular formula is C16H26N2O2. The number of carbonyl (C=O) groups is 1. The van der Waals surface area contributed by atoms with Crippen molar-refractivity contribution in [3.8, 4) is 5.75 Å². The molecule has 0 heterocycles. The first kappa shape index (κ1) is 16.5. The van der Waals surface area contributed by atoms with Crippen LogP contribution in [0.25, 0.3) is 0 Å². The summed E-state index contributed by atoms with van der Waals surface area (Å²) in [6.45, 7) is 6.57. The Balaban J connectivity index is 2.65. The highest BCUT2D eigenvalue weighted by atomic mass is 16.5. The molecule has 0 aliphatic heterocycles. The third kappa shape index (κ3) is 4.85. The zero-order valence-electron chi connectivity index (χ0n) is 12.9. The monoisotopic (exact) mass is 278 g/mol. The standard InChI is InChI=1S/C16H26N2O2/c1-5-12(3)17-11-16(19)18-14(6-2)13-9-7-8-10-15(13)20-4/h7-10,12,14,17H,5-6,11H2,1-4H3,(H,18,19). The molecule has 0 aliphatic carbocycles.